The van der Waals surface area contributed by atoms with Crippen LogP contribution in [-0.2, 0) is 4.79 Å². The predicted molar refractivity (Wildman–Crippen MR) is 95.3 cm³/mol. The predicted octanol–water partition coefficient (Wildman–Crippen LogP) is 3.04. The summed E-state index contributed by atoms with van der Waals surface area (Å²) in [6.45, 7) is 0.131. The van der Waals surface area contributed by atoms with E-state index in [1.54, 1.807) is 22.9 Å². The van der Waals surface area contributed by atoms with Gasteiger partial charge in [0.2, 0.25) is 5.60 Å². The van der Waals surface area contributed by atoms with Gasteiger partial charge in [-0.25, -0.2) is 14.3 Å². The van der Waals surface area contributed by atoms with Crippen LogP contribution in [0.1, 0.15) is 31.4 Å². The van der Waals surface area contributed by atoms with Crippen molar-refractivity contribution in [1.29, 1.82) is 0 Å². The van der Waals surface area contributed by atoms with E-state index in [0.717, 1.165) is 0 Å². The zero-order chi connectivity index (χ0) is 21.4. The molecule has 0 spiro atoms. The number of methoxy groups -OCH3 is 1. The van der Waals surface area contributed by atoms with E-state index in [-0.39, 0.29) is 37.9 Å². The van der Waals surface area contributed by atoms with Gasteiger partial charge in [-0.3, -0.25) is 9.36 Å². The number of carbonyl (C=O) groups excluding carboxylic acids is 1. The van der Waals surface area contributed by atoms with Crippen molar-refractivity contribution < 1.29 is 32.2 Å². The molecule has 1 atom stereocenters. The molecule has 1 aromatic heterocycles. The Morgan fingerprint density at radius 2 is 1.83 bits per heavy atom. The van der Waals surface area contributed by atoms with Gasteiger partial charge in [0.25, 0.3) is 0 Å². The summed E-state index contributed by atoms with van der Waals surface area (Å²) < 4.78 is 62.0. The van der Waals surface area contributed by atoms with Crippen molar-refractivity contribution in [2.45, 2.75) is 37.3 Å². The Labute approximate surface area is 164 Å². The van der Waals surface area contributed by atoms with E-state index in [1.165, 1.54) is 19.2 Å². The van der Waals surface area contributed by atoms with Crippen LogP contribution in [0.15, 0.2) is 30.5 Å². The van der Waals surface area contributed by atoms with Gasteiger partial charge < -0.3 is 9.84 Å². The summed E-state index contributed by atoms with van der Waals surface area (Å²) in [7, 11) is 1.44. The van der Waals surface area contributed by atoms with Crippen LogP contribution in [-0.4, -0.2) is 57.4 Å². The Hall–Kier alpha value is -2.46. The molecule has 6 nitrogen and oxygen atoms in total. The van der Waals surface area contributed by atoms with E-state index in [0.29, 0.717) is 23.2 Å². The first-order valence-electron chi connectivity index (χ1n) is 9.02. The summed E-state index contributed by atoms with van der Waals surface area (Å²) in [6, 6.07) is -0.574. The van der Waals surface area contributed by atoms with Crippen molar-refractivity contribution in [3.05, 3.63) is 42.0 Å². The summed E-state index contributed by atoms with van der Waals surface area (Å²) in [5.74, 6) is -0.589. The third-order valence-electron chi connectivity index (χ3n) is 5.30. The van der Waals surface area contributed by atoms with Gasteiger partial charge >= 0.3 is 18.1 Å². The Kier molecular flexibility index (Phi) is 5.68. The smallest absolute Gasteiger partial charge is 0.343 e. The van der Waals surface area contributed by atoms with Crippen molar-refractivity contribution in [2.24, 2.45) is 0 Å². The van der Waals surface area contributed by atoms with Crippen LogP contribution in [0.2, 0.25) is 0 Å². The molecule has 1 aromatic carbocycles. The third kappa shape index (κ3) is 3.74. The molecule has 158 valence electrons. The minimum atomic E-state index is -4.04. The maximum absolute atomic E-state index is 14.5. The normalized spacial score (nSPS) is 18.4. The molecule has 3 rings (SSSR count). The van der Waals surface area contributed by atoms with Gasteiger partial charge in [-0.15, -0.1) is 0 Å². The van der Waals surface area contributed by atoms with Gasteiger partial charge in [0, 0.05) is 24.7 Å². The zero-order valence-corrected chi connectivity index (χ0v) is 15.9. The number of hydrogen-bond donors (Lipinski definition) is 1. The Bertz CT molecular complexity index is 875. The number of rotatable bonds is 6. The van der Waals surface area contributed by atoms with Crippen LogP contribution >= 0.6 is 0 Å². The molecule has 0 saturated carbocycles. The van der Waals surface area contributed by atoms with Crippen LogP contribution in [0.25, 0.3) is 5.69 Å². The summed E-state index contributed by atoms with van der Waals surface area (Å²) >= 11 is 0. The highest BCUT2D eigenvalue weighted by Crippen LogP contribution is 2.39. The molecule has 1 aliphatic rings. The number of aromatic nitrogens is 2. The molecule has 1 saturated heterocycles. The van der Waals surface area contributed by atoms with Gasteiger partial charge in [0.05, 0.1) is 19.0 Å². The molecule has 0 amide bonds. The van der Waals surface area contributed by atoms with E-state index in [1.807, 2.05) is 0 Å². The van der Waals surface area contributed by atoms with E-state index in [4.69, 9.17) is 4.74 Å². The summed E-state index contributed by atoms with van der Waals surface area (Å²) in [5.41, 5.74) is -2.11. The second-order valence-corrected chi connectivity index (χ2v) is 7.13. The number of imidazole rings is 1. The molecule has 0 bridgehead atoms. The number of aliphatic hydroxyl groups is 1. The van der Waals surface area contributed by atoms with Crippen molar-refractivity contribution in [1.82, 2.24) is 14.5 Å². The summed E-state index contributed by atoms with van der Waals surface area (Å²) in [4.78, 5) is 15.6. The number of hydrogen-bond acceptors (Lipinski definition) is 5. The lowest BCUT2D eigenvalue weighted by atomic mass is 9.91. The number of nitrogens with zero attached hydrogens (tertiary/aromatic N) is 3. The molecule has 29 heavy (non-hydrogen) atoms. The molecule has 0 aliphatic carbocycles. The van der Waals surface area contributed by atoms with Crippen molar-refractivity contribution in [2.75, 3.05) is 20.2 Å². The third-order valence-corrected chi connectivity index (χ3v) is 5.30. The molecule has 2 heterocycles. The number of piperidine rings is 1. The molecule has 1 fully saturated rings. The van der Waals surface area contributed by atoms with Crippen LogP contribution in [0, 0.1) is 5.82 Å². The molecule has 10 heteroatoms. The maximum Gasteiger partial charge on any atom is 0.343 e. The first-order chi connectivity index (χ1) is 13.6. The van der Waals surface area contributed by atoms with Crippen molar-refractivity contribution >= 4 is 6.04 Å². The minimum Gasteiger partial charge on any atom is -0.468 e. The second-order valence-electron chi connectivity index (χ2n) is 7.13. The lowest BCUT2D eigenvalue weighted by Gasteiger charge is -2.41. The molecule has 1 N–H and O–H groups in total. The number of halogens is 4. The van der Waals surface area contributed by atoms with Gasteiger partial charge in [0.1, 0.15) is 5.82 Å². The average Bonchev–Trinajstić information content (AvgIpc) is 3.12. The standard InChI is InChI=1S/C19H21F4N3O3/c1-18(28,16(21)27)19(22,23)25-9-7-12(8-10-25)15-11-24-17(29-2)26(15)14-5-3-13(20)4-6-14/h3-6,11-12,28H,7-10H2,1-2H3. The largest absolute Gasteiger partial charge is 0.468 e. The topological polar surface area (TPSA) is 67.6 Å². The molecule has 0 radical (unpaired) electrons. The molecular weight excluding hydrogens is 394 g/mol. The Morgan fingerprint density at radius 3 is 2.34 bits per heavy atom. The van der Waals surface area contributed by atoms with E-state index >= 15 is 0 Å². The number of benzene rings is 1. The van der Waals surface area contributed by atoms with E-state index in [2.05, 4.69) is 4.98 Å². The number of ether oxygens (including phenoxy) is 1. The van der Waals surface area contributed by atoms with Gasteiger partial charge in [-0.2, -0.15) is 13.2 Å². The van der Waals surface area contributed by atoms with Crippen LogP contribution in [0.5, 0.6) is 6.01 Å². The average molecular weight is 415 g/mol. The number of likely N-dealkylation sites (tertiary alicyclic amines) is 1. The maximum atomic E-state index is 14.5. The number of alkyl halides is 2. The summed E-state index contributed by atoms with van der Waals surface area (Å²) in [6.07, 6.45) is 2.08. The zero-order valence-electron chi connectivity index (χ0n) is 15.9. The van der Waals surface area contributed by atoms with Crippen LogP contribution in [0.3, 0.4) is 0 Å². The van der Waals surface area contributed by atoms with E-state index < -0.39 is 23.5 Å². The fourth-order valence-corrected chi connectivity index (χ4v) is 3.51. The molecule has 1 aliphatic heterocycles. The first-order valence-corrected chi connectivity index (χ1v) is 9.02. The van der Waals surface area contributed by atoms with E-state index in [9.17, 15) is 27.5 Å². The fraction of sp³-hybridized carbons (Fsp3) is 0.474. The first kappa shape index (κ1) is 21.3. The lowest BCUT2D eigenvalue weighted by Crippen LogP contribution is -2.61. The molecule has 2 aromatic rings. The van der Waals surface area contributed by atoms with Crippen LogP contribution in [0.4, 0.5) is 17.6 Å². The second kappa shape index (κ2) is 7.75. The highest BCUT2D eigenvalue weighted by atomic mass is 19.3. The minimum absolute atomic E-state index is 0.169. The number of carbonyl (C=O) groups is 1. The lowest BCUT2D eigenvalue weighted by molar-refractivity contribution is -0.258. The van der Waals surface area contributed by atoms with Gasteiger partial charge in [-0.05, 0) is 44.0 Å². The van der Waals surface area contributed by atoms with Crippen molar-refractivity contribution in [3.8, 4) is 11.7 Å². The Balaban J connectivity index is 1.83. The highest BCUT2D eigenvalue weighted by Gasteiger charge is 2.59. The molecular formula is C19H21F4N3O3. The monoisotopic (exact) mass is 415 g/mol. The Morgan fingerprint density at radius 1 is 1.24 bits per heavy atom. The highest BCUT2D eigenvalue weighted by molar-refractivity contribution is 5.78. The SMILES string of the molecule is COc1ncc(C2CCN(C(F)(F)C(C)(O)C(=O)F)CC2)n1-c1ccc(F)cc1. The summed E-state index contributed by atoms with van der Waals surface area (Å²) in [5, 5.41) is 9.63. The quantitative estimate of drug-likeness (QED) is 0.446. The van der Waals surface area contributed by atoms with Gasteiger partial charge in [0.15, 0.2) is 0 Å². The molecule has 1 unspecified atom stereocenters. The van der Waals surface area contributed by atoms with Gasteiger partial charge in [-0.1, -0.05) is 0 Å². The van der Waals surface area contributed by atoms with Crippen molar-refractivity contribution in [3.63, 3.8) is 0 Å². The van der Waals surface area contributed by atoms with Crippen LogP contribution < -0.4 is 4.74 Å². The fourth-order valence-electron chi connectivity index (χ4n) is 3.51.